The number of nitrogens with one attached hydrogen (secondary N) is 2. The van der Waals surface area contributed by atoms with E-state index < -0.39 is 0 Å². The molecule has 0 radical (unpaired) electrons. The van der Waals surface area contributed by atoms with Crippen molar-refractivity contribution in [3.8, 4) is 17.2 Å². The van der Waals surface area contributed by atoms with E-state index in [-0.39, 0.29) is 11.8 Å². The number of anilines is 1. The van der Waals surface area contributed by atoms with Crippen molar-refractivity contribution in [2.45, 2.75) is 52.0 Å². The SMILES string of the molecule is CCCCc1nc([C@H](Cc2ccc(OCCc3nc(-c4ccccc4)oc3C)cc2)Nc2ccccc2C(=O)c2ccccc2)n[nH]1. The number of rotatable bonds is 15. The van der Waals surface area contributed by atoms with Crippen LogP contribution in [0.3, 0.4) is 0 Å². The summed E-state index contributed by atoms with van der Waals surface area (Å²) < 4.78 is 12.0. The van der Waals surface area contributed by atoms with Crippen molar-refractivity contribution in [1.29, 1.82) is 0 Å². The molecular formula is C39H39N5O3. The first-order valence-corrected chi connectivity index (χ1v) is 16.2. The molecule has 0 fully saturated rings. The van der Waals surface area contributed by atoms with Crippen LogP contribution in [0.4, 0.5) is 5.69 Å². The average molecular weight is 626 g/mol. The number of unbranched alkanes of at least 4 members (excludes halogenated alkanes) is 1. The smallest absolute Gasteiger partial charge is 0.226 e. The number of aryl methyl sites for hydroxylation is 2. The number of carbonyl (C=O) groups excluding carboxylic acids is 1. The van der Waals surface area contributed by atoms with E-state index in [9.17, 15) is 4.79 Å². The highest BCUT2D eigenvalue weighted by atomic mass is 16.5. The average Bonchev–Trinajstić information content (AvgIpc) is 3.75. The van der Waals surface area contributed by atoms with Crippen LogP contribution in [0.15, 0.2) is 114 Å². The molecule has 0 unspecified atom stereocenters. The molecule has 4 aromatic carbocycles. The predicted octanol–water partition coefficient (Wildman–Crippen LogP) is 8.36. The third kappa shape index (κ3) is 8.02. The van der Waals surface area contributed by atoms with Gasteiger partial charge < -0.3 is 14.5 Å². The van der Waals surface area contributed by atoms with E-state index in [1.165, 1.54) is 0 Å². The quantitative estimate of drug-likeness (QED) is 0.110. The van der Waals surface area contributed by atoms with Gasteiger partial charge in [0.05, 0.1) is 18.3 Å². The number of ketones is 1. The topological polar surface area (TPSA) is 106 Å². The Morgan fingerprint density at radius 2 is 1.60 bits per heavy atom. The summed E-state index contributed by atoms with van der Waals surface area (Å²) in [7, 11) is 0. The lowest BCUT2D eigenvalue weighted by atomic mass is 10.00. The summed E-state index contributed by atoms with van der Waals surface area (Å²) >= 11 is 0. The van der Waals surface area contributed by atoms with Crippen molar-refractivity contribution in [3.05, 3.63) is 149 Å². The zero-order valence-electron chi connectivity index (χ0n) is 26.8. The molecule has 8 heteroatoms. The van der Waals surface area contributed by atoms with Gasteiger partial charge in [-0.15, -0.1) is 0 Å². The van der Waals surface area contributed by atoms with Crippen molar-refractivity contribution in [2.24, 2.45) is 0 Å². The highest BCUT2D eigenvalue weighted by Gasteiger charge is 2.21. The van der Waals surface area contributed by atoms with Crippen molar-refractivity contribution in [1.82, 2.24) is 20.2 Å². The highest BCUT2D eigenvalue weighted by Crippen LogP contribution is 2.27. The number of oxazole rings is 1. The van der Waals surface area contributed by atoms with Gasteiger partial charge in [-0.25, -0.2) is 9.97 Å². The van der Waals surface area contributed by atoms with Gasteiger partial charge in [0.15, 0.2) is 11.6 Å². The van der Waals surface area contributed by atoms with E-state index in [1.54, 1.807) is 0 Å². The van der Waals surface area contributed by atoms with Gasteiger partial charge in [-0.05, 0) is 61.7 Å². The molecule has 0 spiro atoms. The van der Waals surface area contributed by atoms with Crippen molar-refractivity contribution >= 4 is 11.5 Å². The van der Waals surface area contributed by atoms with Crippen LogP contribution in [0.2, 0.25) is 0 Å². The molecule has 0 amide bonds. The molecule has 0 aliphatic carbocycles. The third-order valence-electron chi connectivity index (χ3n) is 8.05. The summed E-state index contributed by atoms with van der Waals surface area (Å²) in [6.45, 7) is 4.58. The number of nitrogens with zero attached hydrogens (tertiary/aromatic N) is 3. The highest BCUT2D eigenvalue weighted by molar-refractivity contribution is 6.12. The fourth-order valence-corrected chi connectivity index (χ4v) is 5.46. The third-order valence-corrected chi connectivity index (χ3v) is 8.05. The summed E-state index contributed by atoms with van der Waals surface area (Å²) in [5.41, 5.74) is 4.92. The van der Waals surface area contributed by atoms with Crippen LogP contribution in [0.25, 0.3) is 11.5 Å². The molecule has 0 aliphatic rings. The fourth-order valence-electron chi connectivity index (χ4n) is 5.46. The number of aromatic nitrogens is 4. The maximum atomic E-state index is 13.5. The zero-order chi connectivity index (χ0) is 32.4. The first kappa shape index (κ1) is 31.5. The number of ether oxygens (including phenoxy) is 1. The molecule has 0 bridgehead atoms. The molecule has 1 atom stereocenters. The number of hydrogen-bond donors (Lipinski definition) is 2. The van der Waals surface area contributed by atoms with E-state index in [2.05, 4.69) is 39.6 Å². The normalized spacial score (nSPS) is 11.7. The van der Waals surface area contributed by atoms with Crippen molar-refractivity contribution in [3.63, 3.8) is 0 Å². The number of H-pyrrole nitrogens is 1. The Morgan fingerprint density at radius 3 is 2.36 bits per heavy atom. The molecule has 0 aliphatic heterocycles. The Bertz CT molecular complexity index is 1880. The summed E-state index contributed by atoms with van der Waals surface area (Å²) in [5.74, 6) is 3.70. The van der Waals surface area contributed by atoms with Gasteiger partial charge in [-0.2, -0.15) is 5.10 Å². The monoisotopic (exact) mass is 625 g/mol. The van der Waals surface area contributed by atoms with Crippen LogP contribution >= 0.6 is 0 Å². The van der Waals surface area contributed by atoms with Crippen LogP contribution in [0.5, 0.6) is 5.75 Å². The van der Waals surface area contributed by atoms with Crippen LogP contribution in [-0.2, 0) is 19.3 Å². The van der Waals surface area contributed by atoms with E-state index in [1.807, 2.05) is 104 Å². The van der Waals surface area contributed by atoms with Gasteiger partial charge in [0, 0.05) is 35.2 Å². The second-order valence-electron chi connectivity index (χ2n) is 11.5. The Kier molecular flexibility index (Phi) is 10.2. The lowest BCUT2D eigenvalue weighted by Crippen LogP contribution is -2.18. The van der Waals surface area contributed by atoms with Gasteiger partial charge in [0.2, 0.25) is 5.89 Å². The number of carbonyl (C=O) groups is 1. The molecule has 2 aromatic heterocycles. The Labute approximate surface area is 275 Å². The van der Waals surface area contributed by atoms with E-state index in [4.69, 9.17) is 14.1 Å². The predicted molar refractivity (Wildman–Crippen MR) is 184 cm³/mol. The molecule has 0 saturated heterocycles. The number of hydrogen-bond acceptors (Lipinski definition) is 7. The molecular weight excluding hydrogens is 586 g/mol. The minimum absolute atomic E-state index is 0.0373. The van der Waals surface area contributed by atoms with Crippen LogP contribution in [0, 0.1) is 6.92 Å². The number of benzene rings is 4. The van der Waals surface area contributed by atoms with Crippen LogP contribution in [-0.4, -0.2) is 32.6 Å². The van der Waals surface area contributed by atoms with Crippen LogP contribution in [0.1, 0.15) is 70.4 Å². The summed E-state index contributed by atoms with van der Waals surface area (Å²) in [6.07, 6.45) is 4.20. The Balaban J connectivity index is 1.15. The number of para-hydroxylation sites is 1. The molecule has 2 N–H and O–H groups in total. The fraction of sp³-hybridized carbons (Fsp3) is 0.231. The lowest BCUT2D eigenvalue weighted by Gasteiger charge is -2.20. The molecule has 8 nitrogen and oxygen atoms in total. The van der Waals surface area contributed by atoms with Crippen molar-refractivity contribution < 1.29 is 13.9 Å². The van der Waals surface area contributed by atoms with E-state index in [0.717, 1.165) is 59.1 Å². The molecule has 6 rings (SSSR count). The largest absolute Gasteiger partial charge is 0.493 e. The van der Waals surface area contributed by atoms with Gasteiger partial charge in [0.25, 0.3) is 0 Å². The van der Waals surface area contributed by atoms with E-state index >= 15 is 0 Å². The Morgan fingerprint density at radius 1 is 0.872 bits per heavy atom. The molecule has 0 saturated carbocycles. The zero-order valence-corrected chi connectivity index (χ0v) is 26.8. The standard InChI is InChI=1S/C39H39N5O3/c1-3-4-19-36-42-38(44-43-36)35(40-34-18-12-11-17-32(34)37(45)29-13-7-5-8-14-29)26-28-20-22-31(23-21-28)46-25-24-33-27(2)47-39(41-33)30-15-9-6-10-16-30/h5-18,20-23,35,40H,3-4,19,24-26H2,1-2H3,(H,42,43,44)/t35-/m0/s1. The van der Waals surface area contributed by atoms with Gasteiger partial charge in [-0.3, -0.25) is 9.89 Å². The summed E-state index contributed by atoms with van der Waals surface area (Å²) in [6, 6.07) is 34.7. The summed E-state index contributed by atoms with van der Waals surface area (Å²) in [4.78, 5) is 23.0. The van der Waals surface area contributed by atoms with Gasteiger partial charge >= 0.3 is 0 Å². The van der Waals surface area contributed by atoms with Crippen LogP contribution < -0.4 is 10.1 Å². The van der Waals surface area contributed by atoms with E-state index in [0.29, 0.717) is 42.3 Å². The number of aromatic amines is 1. The maximum Gasteiger partial charge on any atom is 0.226 e. The first-order valence-electron chi connectivity index (χ1n) is 16.2. The maximum absolute atomic E-state index is 13.5. The Hall–Kier alpha value is -5.50. The molecule has 2 heterocycles. The van der Waals surface area contributed by atoms with Gasteiger partial charge in [0.1, 0.15) is 17.3 Å². The minimum atomic E-state index is -0.271. The first-order chi connectivity index (χ1) is 23.1. The molecule has 238 valence electrons. The van der Waals surface area contributed by atoms with Crippen molar-refractivity contribution in [2.75, 3.05) is 11.9 Å². The second kappa shape index (κ2) is 15.2. The molecule has 47 heavy (non-hydrogen) atoms. The minimum Gasteiger partial charge on any atom is -0.493 e. The summed E-state index contributed by atoms with van der Waals surface area (Å²) in [5, 5.41) is 11.3. The molecule has 6 aromatic rings. The lowest BCUT2D eigenvalue weighted by molar-refractivity contribution is 0.103. The van der Waals surface area contributed by atoms with Gasteiger partial charge in [-0.1, -0.05) is 86.1 Å². The second-order valence-corrected chi connectivity index (χ2v) is 11.5.